The van der Waals surface area contributed by atoms with Crippen LogP contribution in [0.15, 0.2) is 42.6 Å². The van der Waals surface area contributed by atoms with E-state index in [1.165, 1.54) is 0 Å². The molecule has 0 spiro atoms. The molecule has 138 valence electrons. The zero-order chi connectivity index (χ0) is 18.8. The van der Waals surface area contributed by atoms with Crippen molar-refractivity contribution in [2.75, 3.05) is 36.5 Å². The molecule has 1 fully saturated rings. The van der Waals surface area contributed by atoms with Crippen LogP contribution in [0.25, 0.3) is 10.9 Å². The number of amides is 1. The topological polar surface area (TPSA) is 87.6 Å². The third kappa shape index (κ3) is 3.54. The van der Waals surface area contributed by atoms with Gasteiger partial charge in [0.25, 0.3) is 5.91 Å². The molecule has 7 nitrogen and oxygen atoms in total. The molecule has 1 aliphatic rings. The zero-order valence-electron chi connectivity index (χ0n) is 15.0. The number of aromatic hydroxyl groups is 1. The van der Waals surface area contributed by atoms with Crippen molar-refractivity contribution in [3.05, 3.63) is 53.7 Å². The van der Waals surface area contributed by atoms with Crippen LogP contribution in [0.5, 0.6) is 5.88 Å². The Labute approximate surface area is 156 Å². The fourth-order valence-corrected chi connectivity index (χ4v) is 3.25. The number of pyridine rings is 2. The van der Waals surface area contributed by atoms with Gasteiger partial charge in [-0.25, -0.2) is 9.97 Å². The number of ether oxygens (including phenoxy) is 1. The molecule has 1 amide bonds. The Hall–Kier alpha value is -3.19. The number of aromatic nitrogens is 2. The van der Waals surface area contributed by atoms with Crippen LogP contribution < -0.4 is 10.2 Å². The number of carbonyl (C=O) groups is 1. The van der Waals surface area contributed by atoms with E-state index in [0.717, 1.165) is 10.9 Å². The van der Waals surface area contributed by atoms with Crippen molar-refractivity contribution in [2.24, 2.45) is 0 Å². The largest absolute Gasteiger partial charge is 0.493 e. The van der Waals surface area contributed by atoms with Crippen LogP contribution in [-0.2, 0) is 4.74 Å². The molecule has 3 heterocycles. The monoisotopic (exact) mass is 364 g/mol. The number of nitrogens with zero attached hydrogens (tertiary/aromatic N) is 3. The molecular formula is C20H20N4O3. The lowest BCUT2D eigenvalue weighted by atomic mass is 10.1. The molecule has 27 heavy (non-hydrogen) atoms. The highest BCUT2D eigenvalue weighted by molar-refractivity contribution is 6.08. The summed E-state index contributed by atoms with van der Waals surface area (Å²) in [5.74, 6) is 0.442. The van der Waals surface area contributed by atoms with E-state index in [0.29, 0.717) is 48.9 Å². The van der Waals surface area contributed by atoms with E-state index in [-0.39, 0.29) is 11.8 Å². The highest BCUT2D eigenvalue weighted by Gasteiger charge is 2.20. The van der Waals surface area contributed by atoms with Gasteiger partial charge in [-0.3, -0.25) is 4.79 Å². The molecule has 0 unspecified atom stereocenters. The van der Waals surface area contributed by atoms with E-state index in [9.17, 15) is 9.90 Å². The molecule has 4 rings (SSSR count). The van der Waals surface area contributed by atoms with E-state index in [4.69, 9.17) is 4.74 Å². The summed E-state index contributed by atoms with van der Waals surface area (Å²) in [7, 11) is 0. The molecule has 0 bridgehead atoms. The van der Waals surface area contributed by atoms with Gasteiger partial charge in [-0.2, -0.15) is 0 Å². The van der Waals surface area contributed by atoms with Crippen LogP contribution >= 0.6 is 0 Å². The van der Waals surface area contributed by atoms with Crippen molar-refractivity contribution >= 4 is 28.3 Å². The van der Waals surface area contributed by atoms with Crippen LogP contribution in [0, 0.1) is 6.92 Å². The van der Waals surface area contributed by atoms with Gasteiger partial charge in [-0.1, -0.05) is 0 Å². The van der Waals surface area contributed by atoms with Crippen molar-refractivity contribution < 1.29 is 14.6 Å². The molecule has 1 saturated heterocycles. The molecule has 3 aromatic rings. The van der Waals surface area contributed by atoms with Gasteiger partial charge in [0, 0.05) is 36.4 Å². The number of morpholine rings is 1. The Kier molecular flexibility index (Phi) is 4.60. The molecule has 1 aromatic carbocycles. The lowest BCUT2D eigenvalue weighted by molar-refractivity contribution is 0.102. The average Bonchev–Trinajstić information content (AvgIpc) is 2.69. The fourth-order valence-electron chi connectivity index (χ4n) is 3.25. The quantitative estimate of drug-likeness (QED) is 0.743. The van der Waals surface area contributed by atoms with E-state index in [1.807, 2.05) is 13.0 Å². The Balaban J connectivity index is 1.62. The smallest absolute Gasteiger partial charge is 0.259 e. The third-order valence-electron chi connectivity index (χ3n) is 4.60. The molecule has 1 aliphatic heterocycles. The first-order valence-electron chi connectivity index (χ1n) is 8.81. The Morgan fingerprint density at radius 2 is 2.04 bits per heavy atom. The van der Waals surface area contributed by atoms with Crippen molar-refractivity contribution in [1.29, 1.82) is 0 Å². The zero-order valence-corrected chi connectivity index (χ0v) is 15.0. The predicted molar refractivity (Wildman–Crippen MR) is 103 cm³/mol. The van der Waals surface area contributed by atoms with Crippen LogP contribution in [0.4, 0.5) is 11.5 Å². The van der Waals surface area contributed by atoms with E-state index in [2.05, 4.69) is 20.2 Å². The normalized spacial score (nSPS) is 14.3. The predicted octanol–water partition coefficient (Wildman–Crippen LogP) is 2.73. The highest BCUT2D eigenvalue weighted by Crippen LogP contribution is 2.25. The molecule has 2 N–H and O–H groups in total. The van der Waals surface area contributed by atoms with Gasteiger partial charge >= 0.3 is 0 Å². The molecule has 0 aliphatic carbocycles. The molecule has 0 radical (unpaired) electrons. The summed E-state index contributed by atoms with van der Waals surface area (Å²) in [5.41, 5.74) is 2.77. The van der Waals surface area contributed by atoms with E-state index in [1.54, 1.807) is 36.5 Å². The minimum atomic E-state index is -0.215. The van der Waals surface area contributed by atoms with Crippen LogP contribution in [0.2, 0.25) is 0 Å². The standard InChI is InChI=1S/C20H20N4O3/c1-13-11-18(25)23-17-5-4-14(12-16(13)17)22-20(26)15-3-2-6-21-19(15)24-7-9-27-10-8-24/h2-6,11-12H,7-10H2,1H3,(H,22,26)(H,23,25). The first-order valence-corrected chi connectivity index (χ1v) is 8.81. The van der Waals surface area contributed by atoms with Crippen molar-refractivity contribution in [1.82, 2.24) is 9.97 Å². The maximum Gasteiger partial charge on any atom is 0.259 e. The van der Waals surface area contributed by atoms with E-state index < -0.39 is 0 Å². The Morgan fingerprint density at radius 1 is 1.22 bits per heavy atom. The minimum absolute atomic E-state index is 0.0118. The number of aryl methyl sites for hydroxylation is 1. The lowest BCUT2D eigenvalue weighted by Crippen LogP contribution is -2.38. The number of anilines is 2. The summed E-state index contributed by atoms with van der Waals surface area (Å²) in [6.45, 7) is 4.57. The molecule has 2 aromatic heterocycles. The lowest BCUT2D eigenvalue weighted by Gasteiger charge is -2.29. The Bertz CT molecular complexity index is 1000. The number of rotatable bonds is 3. The second-order valence-electron chi connectivity index (χ2n) is 6.46. The second-order valence-corrected chi connectivity index (χ2v) is 6.46. The minimum Gasteiger partial charge on any atom is -0.493 e. The van der Waals surface area contributed by atoms with E-state index >= 15 is 0 Å². The summed E-state index contributed by atoms with van der Waals surface area (Å²) in [6, 6.07) is 10.6. The van der Waals surface area contributed by atoms with Gasteiger partial charge in [-0.15, -0.1) is 0 Å². The number of benzene rings is 1. The van der Waals surface area contributed by atoms with Crippen LogP contribution in [0.1, 0.15) is 15.9 Å². The average molecular weight is 364 g/mol. The number of hydrogen-bond acceptors (Lipinski definition) is 6. The van der Waals surface area contributed by atoms with Crippen molar-refractivity contribution in [2.45, 2.75) is 6.92 Å². The maximum absolute atomic E-state index is 12.9. The SMILES string of the molecule is Cc1cc(O)nc2ccc(NC(=O)c3cccnc3N3CCOCC3)cc12. The van der Waals surface area contributed by atoms with Gasteiger partial charge in [0.1, 0.15) is 5.82 Å². The van der Waals surface area contributed by atoms with Crippen molar-refractivity contribution in [3.63, 3.8) is 0 Å². The van der Waals surface area contributed by atoms with Crippen LogP contribution in [0.3, 0.4) is 0 Å². The number of hydrogen-bond donors (Lipinski definition) is 2. The highest BCUT2D eigenvalue weighted by atomic mass is 16.5. The van der Waals surface area contributed by atoms with Gasteiger partial charge in [0.15, 0.2) is 0 Å². The van der Waals surface area contributed by atoms with Gasteiger partial charge in [0.05, 0.1) is 24.3 Å². The maximum atomic E-state index is 12.9. The molecule has 7 heteroatoms. The number of carbonyl (C=O) groups excluding carboxylic acids is 1. The molecule has 0 atom stereocenters. The second kappa shape index (κ2) is 7.20. The summed E-state index contributed by atoms with van der Waals surface area (Å²) < 4.78 is 5.38. The fraction of sp³-hybridized carbons (Fsp3) is 0.250. The van der Waals surface area contributed by atoms with Gasteiger partial charge in [0.2, 0.25) is 5.88 Å². The first-order chi connectivity index (χ1) is 13.1. The summed E-state index contributed by atoms with van der Waals surface area (Å²) >= 11 is 0. The molecule has 0 saturated carbocycles. The van der Waals surface area contributed by atoms with Crippen LogP contribution in [-0.4, -0.2) is 47.3 Å². The number of fused-ring (bicyclic) bond motifs is 1. The van der Waals surface area contributed by atoms with Gasteiger partial charge in [-0.05, 0) is 42.8 Å². The summed E-state index contributed by atoms with van der Waals surface area (Å²) in [4.78, 5) is 23.5. The Morgan fingerprint density at radius 3 is 2.85 bits per heavy atom. The molecular weight excluding hydrogens is 344 g/mol. The summed E-state index contributed by atoms with van der Waals surface area (Å²) in [6.07, 6.45) is 1.69. The first kappa shape index (κ1) is 17.2. The third-order valence-corrected chi connectivity index (χ3v) is 4.60. The van der Waals surface area contributed by atoms with Gasteiger partial charge < -0.3 is 20.1 Å². The summed E-state index contributed by atoms with van der Waals surface area (Å²) in [5, 5.41) is 13.5. The van der Waals surface area contributed by atoms with Crippen molar-refractivity contribution in [3.8, 4) is 5.88 Å². The number of nitrogens with one attached hydrogen (secondary N) is 1.